The maximum absolute atomic E-state index is 6.25. The summed E-state index contributed by atoms with van der Waals surface area (Å²) in [5.41, 5.74) is 1.41. The fraction of sp³-hybridized carbons (Fsp3) is 0.647. The summed E-state index contributed by atoms with van der Waals surface area (Å²) >= 11 is 3.48. The highest BCUT2D eigenvalue weighted by molar-refractivity contribution is 9.10. The van der Waals surface area contributed by atoms with E-state index in [9.17, 15) is 0 Å². The van der Waals surface area contributed by atoms with E-state index in [2.05, 4.69) is 81.0 Å². The Morgan fingerprint density at radius 3 is 2.20 bits per heavy atom. The number of halogens is 1. The van der Waals surface area contributed by atoms with Gasteiger partial charge in [-0.15, -0.1) is 0 Å². The van der Waals surface area contributed by atoms with E-state index in [1.54, 1.807) is 0 Å². The van der Waals surface area contributed by atoms with Crippen LogP contribution in [0.1, 0.15) is 39.7 Å². The van der Waals surface area contributed by atoms with Gasteiger partial charge in [0.15, 0.2) is 8.32 Å². The summed E-state index contributed by atoms with van der Waals surface area (Å²) in [6, 6.07) is 8.65. The molecule has 0 saturated heterocycles. The molecule has 0 bridgehead atoms. The van der Waals surface area contributed by atoms with Gasteiger partial charge >= 0.3 is 0 Å². The highest BCUT2D eigenvalue weighted by Gasteiger charge is 2.36. The molecule has 0 saturated carbocycles. The van der Waals surface area contributed by atoms with Crippen LogP contribution in [0.5, 0.6) is 0 Å². The number of hydrogen-bond acceptors (Lipinski definition) is 1. The molecule has 0 aliphatic heterocycles. The Morgan fingerprint density at radius 2 is 1.70 bits per heavy atom. The van der Waals surface area contributed by atoms with E-state index < -0.39 is 8.32 Å². The first-order chi connectivity index (χ1) is 9.12. The van der Waals surface area contributed by atoms with Crippen LogP contribution in [0.3, 0.4) is 0 Å². The minimum absolute atomic E-state index is 0.307. The monoisotopic (exact) mass is 356 g/mol. The van der Waals surface area contributed by atoms with Crippen molar-refractivity contribution >= 4 is 24.2 Å². The third-order valence-corrected chi connectivity index (χ3v) is 9.44. The average molecular weight is 357 g/mol. The zero-order valence-corrected chi connectivity index (χ0v) is 16.4. The third-order valence-electron chi connectivity index (χ3n) is 4.38. The molecular formula is C17H29BrOSi. The molecule has 0 heterocycles. The molecule has 0 aliphatic carbocycles. The standard InChI is InChI=1S/C17H29BrOSi/c1-14(13-15-7-9-16(18)10-8-15)11-12-19-20(5,6)17(2,3)4/h7-10,14H,11-13H2,1-6H3/t14-/m1/s1. The zero-order chi connectivity index (χ0) is 15.4. The molecule has 0 fully saturated rings. The van der Waals surface area contributed by atoms with Gasteiger partial charge in [-0.1, -0.05) is 55.8 Å². The van der Waals surface area contributed by atoms with Gasteiger partial charge in [-0.25, -0.2) is 0 Å². The van der Waals surface area contributed by atoms with Crippen molar-refractivity contribution < 1.29 is 4.43 Å². The van der Waals surface area contributed by atoms with E-state index in [1.807, 2.05) is 0 Å². The molecule has 1 aromatic carbocycles. The highest BCUT2D eigenvalue weighted by atomic mass is 79.9. The Balaban J connectivity index is 2.37. The zero-order valence-electron chi connectivity index (χ0n) is 13.8. The van der Waals surface area contributed by atoms with Crippen LogP contribution in [0.25, 0.3) is 0 Å². The molecule has 0 N–H and O–H groups in total. The van der Waals surface area contributed by atoms with Crippen molar-refractivity contribution in [2.45, 2.75) is 58.7 Å². The first kappa shape index (κ1) is 17.9. The fourth-order valence-corrected chi connectivity index (χ4v) is 3.18. The molecule has 0 aliphatic rings. The van der Waals surface area contributed by atoms with Crippen molar-refractivity contribution in [3.63, 3.8) is 0 Å². The summed E-state index contributed by atoms with van der Waals surface area (Å²) in [5, 5.41) is 0.307. The van der Waals surface area contributed by atoms with Crippen LogP contribution >= 0.6 is 15.9 Å². The molecule has 1 rings (SSSR count). The topological polar surface area (TPSA) is 9.23 Å². The Hall–Kier alpha value is -0.123. The lowest BCUT2D eigenvalue weighted by atomic mass is 9.99. The van der Waals surface area contributed by atoms with Gasteiger partial charge < -0.3 is 4.43 Å². The van der Waals surface area contributed by atoms with Crippen molar-refractivity contribution in [3.05, 3.63) is 34.3 Å². The summed E-state index contributed by atoms with van der Waals surface area (Å²) in [5.74, 6) is 0.668. The van der Waals surface area contributed by atoms with Crippen molar-refractivity contribution in [2.24, 2.45) is 5.92 Å². The molecule has 0 radical (unpaired) electrons. The number of rotatable bonds is 6. The summed E-state index contributed by atoms with van der Waals surface area (Å²) in [4.78, 5) is 0. The van der Waals surface area contributed by atoms with Crippen LogP contribution in [-0.4, -0.2) is 14.9 Å². The van der Waals surface area contributed by atoms with Crippen molar-refractivity contribution in [1.29, 1.82) is 0 Å². The largest absolute Gasteiger partial charge is 0.417 e. The lowest BCUT2D eigenvalue weighted by Crippen LogP contribution is -2.41. The molecule has 114 valence electrons. The molecule has 1 aromatic rings. The Bertz CT molecular complexity index is 406. The second-order valence-electron chi connectivity index (χ2n) is 7.33. The van der Waals surface area contributed by atoms with Gasteiger partial charge in [0.1, 0.15) is 0 Å². The molecule has 20 heavy (non-hydrogen) atoms. The van der Waals surface area contributed by atoms with Gasteiger partial charge in [0.25, 0.3) is 0 Å². The molecule has 0 amide bonds. The van der Waals surface area contributed by atoms with Crippen molar-refractivity contribution in [3.8, 4) is 0 Å². The number of benzene rings is 1. The van der Waals surface area contributed by atoms with Gasteiger partial charge in [-0.3, -0.25) is 0 Å². The number of hydrogen-bond donors (Lipinski definition) is 0. The minimum atomic E-state index is -1.58. The lowest BCUT2D eigenvalue weighted by molar-refractivity contribution is 0.259. The van der Waals surface area contributed by atoms with E-state index >= 15 is 0 Å². The van der Waals surface area contributed by atoms with E-state index in [0.717, 1.165) is 23.9 Å². The normalized spacial score (nSPS) is 14.3. The highest BCUT2D eigenvalue weighted by Crippen LogP contribution is 2.36. The van der Waals surface area contributed by atoms with E-state index in [4.69, 9.17) is 4.43 Å². The molecule has 0 spiro atoms. The predicted molar refractivity (Wildman–Crippen MR) is 94.8 cm³/mol. The van der Waals surface area contributed by atoms with Crippen molar-refractivity contribution in [1.82, 2.24) is 0 Å². The van der Waals surface area contributed by atoms with Gasteiger partial charge in [0.2, 0.25) is 0 Å². The van der Waals surface area contributed by atoms with E-state index in [0.29, 0.717) is 11.0 Å². The van der Waals surface area contributed by atoms with Crippen LogP contribution in [0.15, 0.2) is 28.7 Å². The first-order valence-corrected chi connectivity index (χ1v) is 11.2. The summed E-state index contributed by atoms with van der Waals surface area (Å²) in [6.07, 6.45) is 2.27. The first-order valence-electron chi connectivity index (χ1n) is 7.50. The van der Waals surface area contributed by atoms with Gasteiger partial charge in [-0.05, 0) is 54.6 Å². The molecule has 0 aromatic heterocycles. The molecule has 3 heteroatoms. The summed E-state index contributed by atoms with van der Waals surface area (Å²) in [7, 11) is -1.58. The van der Waals surface area contributed by atoms with Gasteiger partial charge in [0.05, 0.1) is 0 Å². The smallest absolute Gasteiger partial charge is 0.191 e. The van der Waals surface area contributed by atoms with Gasteiger partial charge in [0, 0.05) is 11.1 Å². The summed E-state index contributed by atoms with van der Waals surface area (Å²) < 4.78 is 7.40. The van der Waals surface area contributed by atoms with Crippen LogP contribution < -0.4 is 0 Å². The maximum Gasteiger partial charge on any atom is 0.191 e. The van der Waals surface area contributed by atoms with Gasteiger partial charge in [-0.2, -0.15) is 0 Å². The molecular weight excluding hydrogens is 328 g/mol. The third kappa shape index (κ3) is 5.70. The van der Waals surface area contributed by atoms with Crippen LogP contribution in [-0.2, 0) is 10.8 Å². The average Bonchev–Trinajstić information content (AvgIpc) is 2.30. The molecule has 1 nitrogen and oxygen atoms in total. The Labute approximate surface area is 134 Å². The lowest BCUT2D eigenvalue weighted by Gasteiger charge is -2.36. The molecule has 1 atom stereocenters. The van der Waals surface area contributed by atoms with Crippen LogP contribution in [0.2, 0.25) is 18.1 Å². The maximum atomic E-state index is 6.25. The van der Waals surface area contributed by atoms with Crippen molar-refractivity contribution in [2.75, 3.05) is 6.61 Å². The van der Waals surface area contributed by atoms with E-state index in [1.165, 1.54) is 5.56 Å². The fourth-order valence-electron chi connectivity index (χ4n) is 1.86. The quantitative estimate of drug-likeness (QED) is 0.564. The molecule has 0 unspecified atom stereocenters. The summed E-state index contributed by atoms with van der Waals surface area (Å²) in [6.45, 7) is 14.8. The Morgan fingerprint density at radius 1 is 1.15 bits per heavy atom. The Kier molecular flexibility index (Phi) is 6.48. The predicted octanol–water partition coefficient (Wildman–Crippen LogP) is 6.04. The van der Waals surface area contributed by atoms with Crippen LogP contribution in [0.4, 0.5) is 0 Å². The van der Waals surface area contributed by atoms with E-state index in [-0.39, 0.29) is 0 Å². The SMILES string of the molecule is C[C@H](CCO[Si](C)(C)C(C)(C)C)Cc1ccc(Br)cc1. The van der Waals surface area contributed by atoms with Crippen LogP contribution in [0, 0.1) is 5.92 Å². The second-order valence-corrected chi connectivity index (χ2v) is 13.1. The minimum Gasteiger partial charge on any atom is -0.417 e. The second kappa shape index (κ2) is 7.23.